The van der Waals surface area contributed by atoms with E-state index in [1.165, 1.54) is 25.7 Å². The van der Waals surface area contributed by atoms with Gasteiger partial charge in [-0.2, -0.15) is 0 Å². The highest BCUT2D eigenvalue weighted by molar-refractivity contribution is 5.91. The van der Waals surface area contributed by atoms with E-state index in [2.05, 4.69) is 20.8 Å². The van der Waals surface area contributed by atoms with Crippen LogP contribution in [0.15, 0.2) is 18.2 Å². The maximum absolute atomic E-state index is 11.6. The third-order valence-electron chi connectivity index (χ3n) is 4.81. The number of unbranched alkanes of at least 4 members (excludes halogenated alkanes) is 6. The lowest BCUT2D eigenvalue weighted by Gasteiger charge is -2.14. The Bertz CT molecular complexity index is 557. The Morgan fingerprint density at radius 1 is 1.07 bits per heavy atom. The van der Waals surface area contributed by atoms with Crippen LogP contribution in [0.3, 0.4) is 0 Å². The van der Waals surface area contributed by atoms with Crippen LogP contribution in [0.25, 0.3) is 0 Å². The number of aryl methyl sites for hydroxylation is 1. The highest BCUT2D eigenvalue weighted by Crippen LogP contribution is 2.27. The molecule has 0 spiro atoms. The molecule has 1 atom stereocenters. The van der Waals surface area contributed by atoms with Crippen molar-refractivity contribution in [3.05, 3.63) is 29.3 Å². The summed E-state index contributed by atoms with van der Waals surface area (Å²) in [7, 11) is 0. The van der Waals surface area contributed by atoms with Crippen molar-refractivity contribution >= 4 is 5.97 Å². The minimum Gasteiger partial charge on any atom is -0.492 e. The number of ether oxygens (including phenoxy) is 1. The SMILES string of the molecule is [3H]C(CCCCc1cccc(C(=O)O)c1OCCCCCCCC)CC(C)C. The second-order valence-corrected chi connectivity index (χ2v) is 7.88. The van der Waals surface area contributed by atoms with Crippen LogP contribution in [0.5, 0.6) is 5.75 Å². The summed E-state index contributed by atoms with van der Waals surface area (Å²) in [5, 5.41) is 9.51. The Balaban J connectivity index is 2.53. The molecular weight excluding hydrogens is 336 g/mol. The van der Waals surface area contributed by atoms with Crippen LogP contribution in [-0.4, -0.2) is 17.7 Å². The Morgan fingerprint density at radius 2 is 1.78 bits per heavy atom. The number of carbonyl (C=O) groups is 1. The van der Waals surface area contributed by atoms with E-state index >= 15 is 0 Å². The van der Waals surface area contributed by atoms with Crippen molar-refractivity contribution in [1.29, 1.82) is 0 Å². The van der Waals surface area contributed by atoms with Crippen molar-refractivity contribution < 1.29 is 16.0 Å². The summed E-state index contributed by atoms with van der Waals surface area (Å²) in [4.78, 5) is 11.6. The van der Waals surface area contributed by atoms with Crippen LogP contribution in [0, 0.1) is 5.92 Å². The first-order valence-electron chi connectivity index (χ1n) is 11.4. The first-order valence-corrected chi connectivity index (χ1v) is 10.9. The van der Waals surface area contributed by atoms with Gasteiger partial charge in [0.05, 0.1) is 6.61 Å². The van der Waals surface area contributed by atoms with Crippen molar-refractivity contribution in [2.45, 2.75) is 97.8 Å². The van der Waals surface area contributed by atoms with Gasteiger partial charge in [-0.05, 0) is 36.8 Å². The second-order valence-electron chi connectivity index (χ2n) is 7.88. The van der Waals surface area contributed by atoms with Crippen LogP contribution in [0.1, 0.15) is 109 Å². The first-order chi connectivity index (χ1) is 13.5. The molecule has 1 aromatic carbocycles. The predicted molar refractivity (Wildman–Crippen MR) is 114 cm³/mol. The standard InChI is InChI=1S/C24H40O3/c1-4-5-6-7-10-13-19-27-23-21(17-14-18-22(23)24(25)26)16-12-9-8-11-15-20(2)3/h14,17-18,20H,4-13,15-16,19H2,1-3H3,(H,25,26)/i11T. The highest BCUT2D eigenvalue weighted by atomic mass is 16.5. The third-order valence-corrected chi connectivity index (χ3v) is 4.81. The van der Waals surface area contributed by atoms with Gasteiger partial charge in [-0.15, -0.1) is 0 Å². The summed E-state index contributed by atoms with van der Waals surface area (Å²) in [6.45, 7) is 7.10. The van der Waals surface area contributed by atoms with Crippen molar-refractivity contribution in [3.63, 3.8) is 0 Å². The molecule has 27 heavy (non-hydrogen) atoms. The zero-order valence-corrected chi connectivity index (χ0v) is 17.6. The molecule has 3 nitrogen and oxygen atoms in total. The van der Waals surface area contributed by atoms with Gasteiger partial charge in [-0.25, -0.2) is 4.79 Å². The Hall–Kier alpha value is -1.51. The van der Waals surface area contributed by atoms with Crippen LogP contribution in [-0.2, 0) is 6.42 Å². The number of aromatic carboxylic acids is 1. The number of para-hydroxylation sites is 1. The van der Waals surface area contributed by atoms with Gasteiger partial charge in [0.25, 0.3) is 0 Å². The van der Waals surface area contributed by atoms with E-state index in [-0.39, 0.29) is 12.0 Å². The fourth-order valence-corrected chi connectivity index (χ4v) is 3.23. The average molecular weight is 379 g/mol. The maximum atomic E-state index is 11.6. The molecule has 0 aliphatic heterocycles. The van der Waals surface area contributed by atoms with Crippen molar-refractivity contribution in [2.24, 2.45) is 5.92 Å². The lowest BCUT2D eigenvalue weighted by atomic mass is 10.0. The molecule has 1 N–H and O–H groups in total. The van der Waals surface area contributed by atoms with Gasteiger partial charge in [0.1, 0.15) is 11.3 Å². The van der Waals surface area contributed by atoms with E-state index in [0.717, 1.165) is 50.5 Å². The van der Waals surface area contributed by atoms with Gasteiger partial charge in [0.15, 0.2) is 0 Å². The van der Waals surface area contributed by atoms with Gasteiger partial charge in [0, 0.05) is 1.37 Å². The number of rotatable bonds is 16. The Kier molecular flexibility index (Phi) is 11.7. The van der Waals surface area contributed by atoms with Gasteiger partial charge in [-0.3, -0.25) is 0 Å². The number of hydrogen-bond acceptors (Lipinski definition) is 2. The van der Waals surface area contributed by atoms with Gasteiger partial charge in [0.2, 0.25) is 0 Å². The monoisotopic (exact) mass is 378 g/mol. The predicted octanol–water partition coefficient (Wildman–Crippen LogP) is 7.27. The van der Waals surface area contributed by atoms with E-state index in [9.17, 15) is 9.90 Å². The molecule has 0 aliphatic carbocycles. The van der Waals surface area contributed by atoms with E-state index < -0.39 is 5.97 Å². The van der Waals surface area contributed by atoms with E-state index in [4.69, 9.17) is 6.11 Å². The number of benzene rings is 1. The minimum absolute atomic E-state index is 0.00813. The molecule has 0 saturated carbocycles. The lowest BCUT2D eigenvalue weighted by molar-refractivity contribution is 0.0692. The summed E-state index contributed by atoms with van der Waals surface area (Å²) >= 11 is 0. The van der Waals surface area contributed by atoms with E-state index in [1.807, 2.05) is 12.1 Å². The van der Waals surface area contributed by atoms with E-state index in [0.29, 0.717) is 18.3 Å². The molecule has 0 saturated heterocycles. The molecule has 0 aromatic heterocycles. The van der Waals surface area contributed by atoms with Gasteiger partial charge < -0.3 is 9.84 Å². The second kappa shape index (κ2) is 14.5. The van der Waals surface area contributed by atoms with Crippen LogP contribution >= 0.6 is 0 Å². The van der Waals surface area contributed by atoms with E-state index in [1.54, 1.807) is 6.07 Å². The molecule has 1 rings (SSSR count). The molecular formula is C24H40O3. The molecule has 0 fully saturated rings. The topological polar surface area (TPSA) is 46.5 Å². The largest absolute Gasteiger partial charge is 0.492 e. The smallest absolute Gasteiger partial charge is 0.339 e. The summed E-state index contributed by atoms with van der Waals surface area (Å²) in [6, 6.07) is 5.42. The third kappa shape index (κ3) is 10.4. The first kappa shape index (κ1) is 21.8. The van der Waals surface area contributed by atoms with Crippen LogP contribution < -0.4 is 4.74 Å². The normalized spacial score (nSPS) is 12.8. The van der Waals surface area contributed by atoms with Gasteiger partial charge >= 0.3 is 5.97 Å². The molecule has 1 aromatic rings. The summed E-state index contributed by atoms with van der Waals surface area (Å²) in [5.74, 6) is 0.188. The Labute approximate surface area is 167 Å². The zero-order valence-electron chi connectivity index (χ0n) is 18.6. The molecule has 154 valence electrons. The average Bonchev–Trinajstić information content (AvgIpc) is 2.64. The van der Waals surface area contributed by atoms with Crippen molar-refractivity contribution in [2.75, 3.05) is 6.61 Å². The minimum atomic E-state index is -0.928. The number of carboxylic acids is 1. The lowest BCUT2D eigenvalue weighted by Crippen LogP contribution is -2.07. The fraction of sp³-hybridized carbons (Fsp3) is 0.708. The summed E-state index contributed by atoms with van der Waals surface area (Å²) in [5.41, 5.74) is 1.25. The van der Waals surface area contributed by atoms with Crippen LogP contribution in [0.4, 0.5) is 0 Å². The molecule has 1 unspecified atom stereocenters. The quantitative estimate of drug-likeness (QED) is 0.308. The number of hydrogen-bond donors (Lipinski definition) is 1. The summed E-state index contributed by atoms with van der Waals surface area (Å²) in [6.07, 6.45) is 11.7. The molecule has 3 heteroatoms. The highest BCUT2D eigenvalue weighted by Gasteiger charge is 2.15. The Morgan fingerprint density at radius 3 is 2.48 bits per heavy atom. The van der Waals surface area contributed by atoms with Crippen molar-refractivity contribution in [1.82, 2.24) is 0 Å². The summed E-state index contributed by atoms with van der Waals surface area (Å²) < 4.78 is 14.0. The molecule has 0 radical (unpaired) electrons. The molecule has 0 heterocycles. The zero-order chi connectivity index (χ0) is 20.8. The fourth-order valence-electron chi connectivity index (χ4n) is 3.23. The maximum Gasteiger partial charge on any atom is 0.339 e. The molecule has 0 bridgehead atoms. The van der Waals surface area contributed by atoms with Crippen molar-refractivity contribution in [3.8, 4) is 5.75 Å². The molecule has 0 aliphatic rings. The molecule has 0 amide bonds. The number of carboxylic acid groups (broad SMARTS) is 1. The van der Waals surface area contributed by atoms with Gasteiger partial charge in [-0.1, -0.05) is 90.7 Å². The van der Waals surface area contributed by atoms with Crippen LogP contribution in [0.2, 0.25) is 0 Å².